The molecule has 7 heteroatoms. The maximum atomic E-state index is 11.2. The number of carbonyl (C=O) groups is 1. The van der Waals surface area contributed by atoms with Crippen molar-refractivity contribution in [3.05, 3.63) is 22.4 Å². The summed E-state index contributed by atoms with van der Waals surface area (Å²) in [6, 6.07) is 1.90. The predicted molar refractivity (Wildman–Crippen MR) is 72.8 cm³/mol. The Labute approximate surface area is 114 Å². The van der Waals surface area contributed by atoms with Gasteiger partial charge in [-0.1, -0.05) is 11.6 Å². The van der Waals surface area contributed by atoms with E-state index in [0.29, 0.717) is 24.1 Å². The lowest BCUT2D eigenvalue weighted by atomic mass is 10.4. The van der Waals surface area contributed by atoms with E-state index in [2.05, 4.69) is 15.3 Å². The van der Waals surface area contributed by atoms with Crippen molar-refractivity contribution in [1.82, 2.24) is 20.2 Å². The van der Waals surface area contributed by atoms with Crippen molar-refractivity contribution >= 4 is 39.1 Å². The molecule has 0 spiro atoms. The second kappa shape index (κ2) is 5.60. The fraction of sp³-hybridized carbons (Fsp3) is 0.364. The maximum absolute atomic E-state index is 11.2. The summed E-state index contributed by atoms with van der Waals surface area (Å²) in [6.45, 7) is 0.793. The van der Waals surface area contributed by atoms with E-state index in [4.69, 9.17) is 11.6 Å². The Morgan fingerprint density at radius 1 is 1.56 bits per heavy atom. The van der Waals surface area contributed by atoms with Gasteiger partial charge >= 0.3 is 0 Å². The Hall–Kier alpha value is -1.24. The molecule has 1 amide bonds. The third-order valence-corrected chi connectivity index (χ3v) is 3.52. The van der Waals surface area contributed by atoms with Crippen molar-refractivity contribution in [2.75, 3.05) is 20.6 Å². The molecule has 2 rings (SSSR count). The van der Waals surface area contributed by atoms with Crippen molar-refractivity contribution in [3.8, 4) is 0 Å². The smallest absolute Gasteiger partial charge is 0.233 e. The van der Waals surface area contributed by atoms with E-state index in [1.54, 1.807) is 7.05 Å². The van der Waals surface area contributed by atoms with Crippen LogP contribution in [-0.4, -0.2) is 41.4 Å². The second-order valence-electron chi connectivity index (χ2n) is 3.92. The van der Waals surface area contributed by atoms with Gasteiger partial charge in [0, 0.05) is 12.4 Å². The number of nitrogens with zero attached hydrogens (tertiary/aromatic N) is 3. The van der Waals surface area contributed by atoms with Gasteiger partial charge in [-0.2, -0.15) is 0 Å². The summed E-state index contributed by atoms with van der Waals surface area (Å²) >= 11 is 7.61. The number of rotatable bonds is 4. The molecule has 0 aliphatic heterocycles. The molecule has 2 aromatic rings. The number of aromatic nitrogens is 2. The number of thiophene rings is 1. The molecule has 0 atom stereocenters. The average molecular weight is 285 g/mol. The Kier molecular flexibility index (Phi) is 4.11. The summed E-state index contributed by atoms with van der Waals surface area (Å²) < 4.78 is 0. The number of hydrogen-bond acceptors (Lipinski definition) is 5. The molecule has 0 aliphatic carbocycles. The zero-order chi connectivity index (χ0) is 13.1. The Morgan fingerprint density at radius 3 is 3.06 bits per heavy atom. The number of likely N-dealkylation sites (N-methyl/N-ethyl adjacent to an activating group) is 2. The lowest BCUT2D eigenvalue weighted by molar-refractivity contribution is -0.121. The van der Waals surface area contributed by atoms with Crippen LogP contribution in [0.15, 0.2) is 11.4 Å². The van der Waals surface area contributed by atoms with Crippen LogP contribution in [0.2, 0.25) is 5.15 Å². The van der Waals surface area contributed by atoms with Crippen molar-refractivity contribution in [1.29, 1.82) is 0 Å². The molecule has 2 aromatic heterocycles. The highest BCUT2D eigenvalue weighted by Crippen LogP contribution is 2.24. The molecule has 0 fully saturated rings. The first-order valence-corrected chi connectivity index (χ1v) is 6.64. The van der Waals surface area contributed by atoms with Gasteiger partial charge in [0.15, 0.2) is 0 Å². The van der Waals surface area contributed by atoms with E-state index in [-0.39, 0.29) is 5.91 Å². The molecule has 18 heavy (non-hydrogen) atoms. The van der Waals surface area contributed by atoms with Gasteiger partial charge < -0.3 is 5.32 Å². The molecule has 1 N–H and O–H groups in total. The topological polar surface area (TPSA) is 58.1 Å². The zero-order valence-electron chi connectivity index (χ0n) is 10.1. The molecule has 0 saturated carbocycles. The van der Waals surface area contributed by atoms with E-state index < -0.39 is 0 Å². The molecule has 0 radical (unpaired) electrons. The highest BCUT2D eigenvalue weighted by molar-refractivity contribution is 7.16. The van der Waals surface area contributed by atoms with E-state index in [1.807, 2.05) is 23.4 Å². The molecule has 0 bridgehead atoms. The number of nitrogens with one attached hydrogen (secondary N) is 1. The van der Waals surface area contributed by atoms with Gasteiger partial charge in [0.05, 0.1) is 13.1 Å². The van der Waals surface area contributed by atoms with Gasteiger partial charge in [-0.25, -0.2) is 9.97 Å². The summed E-state index contributed by atoms with van der Waals surface area (Å²) in [4.78, 5) is 22.6. The van der Waals surface area contributed by atoms with Crippen LogP contribution in [0.25, 0.3) is 10.2 Å². The molecule has 5 nitrogen and oxygen atoms in total. The number of carbonyl (C=O) groups excluding carboxylic acids is 1. The van der Waals surface area contributed by atoms with Crippen LogP contribution in [0.5, 0.6) is 0 Å². The van der Waals surface area contributed by atoms with Crippen LogP contribution >= 0.6 is 22.9 Å². The van der Waals surface area contributed by atoms with Crippen molar-refractivity contribution in [2.45, 2.75) is 6.54 Å². The van der Waals surface area contributed by atoms with Crippen molar-refractivity contribution in [3.63, 3.8) is 0 Å². The van der Waals surface area contributed by atoms with Gasteiger partial charge in [0.25, 0.3) is 0 Å². The molecule has 2 heterocycles. The summed E-state index contributed by atoms with van der Waals surface area (Å²) in [6.07, 6.45) is 0. The fourth-order valence-corrected chi connectivity index (χ4v) is 2.64. The predicted octanol–water partition coefficient (Wildman–Crippen LogP) is 1.52. The lowest BCUT2D eigenvalue weighted by Crippen LogP contribution is -2.33. The molecule has 0 aliphatic rings. The summed E-state index contributed by atoms with van der Waals surface area (Å²) in [5.41, 5.74) is 0. The Bertz CT molecular complexity index is 571. The first-order chi connectivity index (χ1) is 8.60. The van der Waals surface area contributed by atoms with Gasteiger partial charge in [-0.05, 0) is 18.5 Å². The van der Waals surface area contributed by atoms with Gasteiger partial charge in [0.2, 0.25) is 5.91 Å². The van der Waals surface area contributed by atoms with Crippen LogP contribution < -0.4 is 5.32 Å². The molecule has 96 valence electrons. The summed E-state index contributed by atoms with van der Waals surface area (Å²) in [5.74, 6) is 0.585. The van der Waals surface area contributed by atoms with E-state index >= 15 is 0 Å². The summed E-state index contributed by atoms with van der Waals surface area (Å²) in [5, 5.41) is 5.84. The maximum Gasteiger partial charge on any atom is 0.233 e. The highest BCUT2D eigenvalue weighted by Gasteiger charge is 2.10. The molecule has 0 aromatic carbocycles. The Balaban J connectivity index is 2.14. The minimum absolute atomic E-state index is 0.0409. The van der Waals surface area contributed by atoms with Crippen molar-refractivity contribution in [2.24, 2.45) is 0 Å². The number of fused-ring (bicyclic) bond motifs is 1. The van der Waals surface area contributed by atoms with E-state index in [0.717, 1.165) is 10.2 Å². The second-order valence-corrected chi connectivity index (χ2v) is 5.17. The van der Waals surface area contributed by atoms with Crippen molar-refractivity contribution < 1.29 is 4.79 Å². The SMILES string of the molecule is CNC(=O)CN(C)Cc1nc(Cl)c2ccsc2n1. The lowest BCUT2D eigenvalue weighted by Gasteiger charge is -2.14. The van der Waals surface area contributed by atoms with Gasteiger partial charge in [0.1, 0.15) is 15.8 Å². The van der Waals surface area contributed by atoms with Crippen LogP contribution in [0, 0.1) is 0 Å². The van der Waals surface area contributed by atoms with Crippen LogP contribution in [0.3, 0.4) is 0 Å². The molecular weight excluding hydrogens is 272 g/mol. The first-order valence-electron chi connectivity index (χ1n) is 5.39. The largest absolute Gasteiger partial charge is 0.358 e. The minimum Gasteiger partial charge on any atom is -0.358 e. The highest BCUT2D eigenvalue weighted by atomic mass is 35.5. The standard InChI is InChI=1S/C11H13ClN4OS/c1-13-9(17)6-16(2)5-8-14-10(12)7-3-4-18-11(7)15-8/h3-4H,5-6H2,1-2H3,(H,13,17). The zero-order valence-corrected chi connectivity index (χ0v) is 11.7. The normalized spacial score (nSPS) is 11.1. The fourth-order valence-electron chi connectivity index (χ4n) is 1.55. The third-order valence-electron chi connectivity index (χ3n) is 2.43. The van der Waals surface area contributed by atoms with E-state index in [9.17, 15) is 4.79 Å². The number of halogens is 1. The minimum atomic E-state index is -0.0409. The van der Waals surface area contributed by atoms with Crippen LogP contribution in [-0.2, 0) is 11.3 Å². The molecule has 0 saturated heterocycles. The van der Waals surface area contributed by atoms with E-state index in [1.165, 1.54) is 11.3 Å². The quantitative estimate of drug-likeness (QED) is 0.865. The van der Waals surface area contributed by atoms with Crippen LogP contribution in [0.1, 0.15) is 5.82 Å². The average Bonchev–Trinajstić information content (AvgIpc) is 2.77. The summed E-state index contributed by atoms with van der Waals surface area (Å²) in [7, 11) is 3.45. The number of hydrogen-bond donors (Lipinski definition) is 1. The first kappa shape index (κ1) is 13.2. The molecular formula is C11H13ClN4OS. The van der Waals surface area contributed by atoms with Crippen LogP contribution in [0.4, 0.5) is 0 Å². The van der Waals surface area contributed by atoms with Gasteiger partial charge in [-0.15, -0.1) is 11.3 Å². The Morgan fingerprint density at radius 2 is 2.33 bits per heavy atom. The van der Waals surface area contributed by atoms with Gasteiger partial charge in [-0.3, -0.25) is 9.69 Å². The number of amides is 1. The third kappa shape index (κ3) is 2.95. The molecule has 0 unspecified atom stereocenters. The monoisotopic (exact) mass is 284 g/mol.